The molecule has 0 aromatic carbocycles. The number of nitrogens with zero attached hydrogens (tertiary/aromatic N) is 3. The largest absolute Gasteiger partial charge is 0.361 e. The highest BCUT2D eigenvalue weighted by Crippen LogP contribution is 2.25. The first-order valence-electron chi connectivity index (χ1n) is 8.73. The average molecular weight is 393 g/mol. The summed E-state index contributed by atoms with van der Waals surface area (Å²) in [5.74, 6) is 1.36. The number of amides is 1. The number of halogens is 2. The highest BCUT2D eigenvalue weighted by atomic mass is 35.5. The molecule has 2 aliphatic rings. The van der Waals surface area contributed by atoms with E-state index >= 15 is 0 Å². The van der Waals surface area contributed by atoms with Gasteiger partial charge in [0.15, 0.2) is 0 Å². The SMILES string of the molecule is Cc1noc(C)c1CN1CCN(C(=O)C2CCCC(N)C2)CC1.Cl.Cl. The molecular formula is C17H30Cl2N4O2. The molecule has 0 spiro atoms. The van der Waals surface area contributed by atoms with Crippen molar-refractivity contribution in [1.29, 1.82) is 0 Å². The minimum absolute atomic E-state index is 0. The topological polar surface area (TPSA) is 75.6 Å². The van der Waals surface area contributed by atoms with Gasteiger partial charge in [0.05, 0.1) is 5.69 Å². The van der Waals surface area contributed by atoms with Gasteiger partial charge in [0, 0.05) is 50.2 Å². The molecule has 25 heavy (non-hydrogen) atoms. The summed E-state index contributed by atoms with van der Waals surface area (Å²) in [4.78, 5) is 17.1. The van der Waals surface area contributed by atoms with Gasteiger partial charge in [-0.15, -0.1) is 24.8 Å². The average Bonchev–Trinajstić information content (AvgIpc) is 2.87. The smallest absolute Gasteiger partial charge is 0.225 e. The van der Waals surface area contributed by atoms with Crippen molar-refractivity contribution >= 4 is 30.7 Å². The molecule has 6 nitrogen and oxygen atoms in total. The molecule has 8 heteroatoms. The van der Waals surface area contributed by atoms with Crippen LogP contribution in [0.15, 0.2) is 4.52 Å². The highest BCUT2D eigenvalue weighted by molar-refractivity contribution is 5.85. The number of piperazine rings is 1. The van der Waals surface area contributed by atoms with Gasteiger partial charge in [0.25, 0.3) is 0 Å². The second kappa shape index (κ2) is 9.76. The van der Waals surface area contributed by atoms with Crippen LogP contribution in [-0.4, -0.2) is 53.1 Å². The predicted octanol–water partition coefficient (Wildman–Crippen LogP) is 2.30. The fraction of sp³-hybridized carbons (Fsp3) is 0.765. The van der Waals surface area contributed by atoms with Gasteiger partial charge in [-0.2, -0.15) is 0 Å². The minimum Gasteiger partial charge on any atom is -0.361 e. The molecule has 2 unspecified atom stereocenters. The molecule has 2 atom stereocenters. The first-order chi connectivity index (χ1) is 11.0. The van der Waals surface area contributed by atoms with E-state index in [0.29, 0.717) is 5.91 Å². The van der Waals surface area contributed by atoms with Crippen LogP contribution >= 0.6 is 24.8 Å². The van der Waals surface area contributed by atoms with Crippen molar-refractivity contribution in [2.45, 2.75) is 52.1 Å². The zero-order valence-corrected chi connectivity index (χ0v) is 16.7. The van der Waals surface area contributed by atoms with E-state index in [9.17, 15) is 4.79 Å². The maximum atomic E-state index is 12.7. The first-order valence-corrected chi connectivity index (χ1v) is 8.73. The third kappa shape index (κ3) is 5.33. The van der Waals surface area contributed by atoms with Crippen LogP contribution in [0.3, 0.4) is 0 Å². The van der Waals surface area contributed by atoms with E-state index in [1.165, 1.54) is 5.56 Å². The summed E-state index contributed by atoms with van der Waals surface area (Å²) in [6.07, 6.45) is 4.02. The Hall–Kier alpha value is -0.820. The zero-order chi connectivity index (χ0) is 16.4. The molecule has 2 N–H and O–H groups in total. The number of hydrogen-bond acceptors (Lipinski definition) is 5. The Balaban J connectivity index is 0.00000156. The van der Waals surface area contributed by atoms with E-state index in [1.807, 2.05) is 18.7 Å². The fourth-order valence-electron chi connectivity index (χ4n) is 3.79. The van der Waals surface area contributed by atoms with Crippen LogP contribution < -0.4 is 5.73 Å². The lowest BCUT2D eigenvalue weighted by molar-refractivity contribution is -0.138. The maximum absolute atomic E-state index is 12.7. The lowest BCUT2D eigenvalue weighted by Crippen LogP contribution is -2.51. The van der Waals surface area contributed by atoms with Crippen molar-refractivity contribution in [3.05, 3.63) is 17.0 Å². The van der Waals surface area contributed by atoms with Crippen LogP contribution in [0.1, 0.15) is 42.7 Å². The van der Waals surface area contributed by atoms with Gasteiger partial charge in [0.1, 0.15) is 5.76 Å². The van der Waals surface area contributed by atoms with Crippen molar-refractivity contribution < 1.29 is 9.32 Å². The highest BCUT2D eigenvalue weighted by Gasteiger charge is 2.31. The predicted molar refractivity (Wildman–Crippen MR) is 102 cm³/mol. The van der Waals surface area contributed by atoms with Crippen LogP contribution in [0.25, 0.3) is 0 Å². The summed E-state index contributed by atoms with van der Waals surface area (Å²) in [5.41, 5.74) is 8.18. The van der Waals surface area contributed by atoms with Gasteiger partial charge in [-0.1, -0.05) is 11.6 Å². The van der Waals surface area contributed by atoms with E-state index < -0.39 is 0 Å². The summed E-state index contributed by atoms with van der Waals surface area (Å²) in [7, 11) is 0. The molecule has 1 aliphatic carbocycles. The number of nitrogens with two attached hydrogens (primary N) is 1. The van der Waals surface area contributed by atoms with E-state index in [2.05, 4.69) is 10.1 Å². The van der Waals surface area contributed by atoms with Crippen LogP contribution in [0.2, 0.25) is 0 Å². The van der Waals surface area contributed by atoms with Gasteiger partial charge < -0.3 is 15.2 Å². The number of hydrogen-bond donors (Lipinski definition) is 1. The van der Waals surface area contributed by atoms with Crippen LogP contribution in [0.5, 0.6) is 0 Å². The molecule has 1 saturated heterocycles. The Bertz CT molecular complexity index is 539. The lowest BCUT2D eigenvalue weighted by atomic mass is 9.85. The zero-order valence-electron chi connectivity index (χ0n) is 15.1. The van der Waals surface area contributed by atoms with E-state index in [4.69, 9.17) is 10.3 Å². The minimum atomic E-state index is 0. The molecule has 2 heterocycles. The number of carbonyl (C=O) groups is 1. The molecule has 0 radical (unpaired) electrons. The maximum Gasteiger partial charge on any atom is 0.225 e. The standard InChI is InChI=1S/C17H28N4O2.2ClH/c1-12-16(13(2)23-19-12)11-20-6-8-21(9-7-20)17(22)14-4-3-5-15(18)10-14;;/h14-15H,3-11,18H2,1-2H3;2*1H. The van der Waals surface area contributed by atoms with Crippen molar-refractivity contribution in [1.82, 2.24) is 15.0 Å². The molecule has 144 valence electrons. The molecule has 1 saturated carbocycles. The van der Waals surface area contributed by atoms with Crippen LogP contribution in [0, 0.1) is 19.8 Å². The Morgan fingerprint density at radius 2 is 1.88 bits per heavy atom. The Labute approximate surface area is 162 Å². The summed E-state index contributed by atoms with van der Waals surface area (Å²) < 4.78 is 5.23. The molecule has 1 amide bonds. The Morgan fingerprint density at radius 3 is 2.44 bits per heavy atom. The Morgan fingerprint density at radius 1 is 1.20 bits per heavy atom. The van der Waals surface area contributed by atoms with Gasteiger partial charge in [-0.25, -0.2) is 0 Å². The monoisotopic (exact) mass is 392 g/mol. The molecule has 0 bridgehead atoms. The Kier molecular flexibility index (Phi) is 8.68. The third-order valence-corrected chi connectivity index (χ3v) is 5.31. The van der Waals surface area contributed by atoms with Gasteiger partial charge >= 0.3 is 0 Å². The second-order valence-electron chi connectivity index (χ2n) is 7.03. The van der Waals surface area contributed by atoms with Crippen molar-refractivity contribution in [2.24, 2.45) is 11.7 Å². The van der Waals surface area contributed by atoms with Crippen molar-refractivity contribution in [3.8, 4) is 0 Å². The van der Waals surface area contributed by atoms with E-state index in [0.717, 1.165) is 69.9 Å². The molecule has 1 aliphatic heterocycles. The molecule has 3 rings (SSSR count). The van der Waals surface area contributed by atoms with Crippen LogP contribution in [-0.2, 0) is 11.3 Å². The normalized spacial score (nSPS) is 24.4. The lowest BCUT2D eigenvalue weighted by Gasteiger charge is -2.37. The van der Waals surface area contributed by atoms with E-state index in [1.54, 1.807) is 0 Å². The summed E-state index contributed by atoms with van der Waals surface area (Å²) in [6.45, 7) is 8.25. The van der Waals surface area contributed by atoms with Crippen LogP contribution in [0.4, 0.5) is 0 Å². The summed E-state index contributed by atoms with van der Waals surface area (Å²) in [6, 6.07) is 0.207. The molecule has 2 fully saturated rings. The molecule has 1 aromatic rings. The van der Waals surface area contributed by atoms with Crippen molar-refractivity contribution in [3.63, 3.8) is 0 Å². The van der Waals surface area contributed by atoms with Crippen molar-refractivity contribution in [2.75, 3.05) is 26.2 Å². The van der Waals surface area contributed by atoms with Gasteiger partial charge in [0.2, 0.25) is 5.91 Å². The fourth-order valence-corrected chi connectivity index (χ4v) is 3.79. The number of aromatic nitrogens is 1. The third-order valence-electron chi connectivity index (χ3n) is 5.31. The van der Waals surface area contributed by atoms with Gasteiger partial charge in [-0.05, 0) is 33.1 Å². The van der Waals surface area contributed by atoms with E-state index in [-0.39, 0.29) is 36.8 Å². The molecular weight excluding hydrogens is 363 g/mol. The molecule has 1 aromatic heterocycles. The number of rotatable bonds is 3. The number of aryl methyl sites for hydroxylation is 2. The number of carbonyl (C=O) groups excluding carboxylic acids is 1. The first kappa shape index (κ1) is 22.2. The summed E-state index contributed by atoms with van der Waals surface area (Å²) in [5, 5.41) is 4.02. The van der Waals surface area contributed by atoms with Gasteiger partial charge in [-0.3, -0.25) is 9.69 Å². The quantitative estimate of drug-likeness (QED) is 0.853. The summed E-state index contributed by atoms with van der Waals surface area (Å²) >= 11 is 0. The second-order valence-corrected chi connectivity index (χ2v) is 7.03.